The highest BCUT2D eigenvalue weighted by Crippen LogP contribution is 2.25. The molecule has 1 aromatic rings. The molecule has 1 atom stereocenters. The predicted molar refractivity (Wildman–Crippen MR) is 69.2 cm³/mol. The summed E-state index contributed by atoms with van der Waals surface area (Å²) in [5.41, 5.74) is 0.527. The molecule has 17 heavy (non-hydrogen) atoms. The zero-order chi connectivity index (χ0) is 12.4. The Bertz CT molecular complexity index is 437. The standard InChI is InChI=1S/C12H15BrN2O2/c1-8-7-14-4-5-15(8)12(17)9-2-3-10(13)11(16)6-9/h2-3,6,8,14,16H,4-5,7H2,1H3. The second-order valence-corrected chi connectivity index (χ2v) is 5.07. The summed E-state index contributed by atoms with van der Waals surface area (Å²) in [6.45, 7) is 4.35. The van der Waals surface area contributed by atoms with Crippen molar-refractivity contribution in [1.29, 1.82) is 0 Å². The minimum Gasteiger partial charge on any atom is -0.507 e. The van der Waals surface area contributed by atoms with Gasteiger partial charge in [0.05, 0.1) is 4.47 Å². The fraction of sp³-hybridized carbons (Fsp3) is 0.417. The number of halogens is 1. The number of nitrogens with one attached hydrogen (secondary N) is 1. The molecule has 0 aromatic heterocycles. The lowest BCUT2D eigenvalue weighted by atomic mass is 10.1. The average molecular weight is 299 g/mol. The topological polar surface area (TPSA) is 52.6 Å². The molecule has 92 valence electrons. The van der Waals surface area contributed by atoms with E-state index in [0.29, 0.717) is 16.6 Å². The molecule has 0 spiro atoms. The molecule has 0 saturated carbocycles. The van der Waals surface area contributed by atoms with Crippen molar-refractivity contribution in [2.45, 2.75) is 13.0 Å². The number of hydrogen-bond acceptors (Lipinski definition) is 3. The van der Waals surface area contributed by atoms with Crippen LogP contribution < -0.4 is 5.32 Å². The molecule has 1 fully saturated rings. The normalized spacial score (nSPS) is 20.4. The van der Waals surface area contributed by atoms with Crippen molar-refractivity contribution in [3.63, 3.8) is 0 Å². The number of phenols is 1. The molecule has 0 radical (unpaired) electrons. The molecule has 0 aliphatic carbocycles. The quantitative estimate of drug-likeness (QED) is 0.828. The van der Waals surface area contributed by atoms with Gasteiger partial charge in [0.25, 0.3) is 5.91 Å². The van der Waals surface area contributed by atoms with E-state index >= 15 is 0 Å². The van der Waals surface area contributed by atoms with Gasteiger partial charge in [0, 0.05) is 31.2 Å². The Balaban J connectivity index is 2.21. The van der Waals surface area contributed by atoms with Crippen LogP contribution in [-0.2, 0) is 0 Å². The van der Waals surface area contributed by atoms with E-state index in [-0.39, 0.29) is 17.7 Å². The Morgan fingerprint density at radius 3 is 3.00 bits per heavy atom. The Morgan fingerprint density at radius 1 is 1.59 bits per heavy atom. The zero-order valence-corrected chi connectivity index (χ0v) is 11.2. The van der Waals surface area contributed by atoms with Crippen LogP contribution in [0.2, 0.25) is 0 Å². The highest BCUT2D eigenvalue weighted by atomic mass is 79.9. The summed E-state index contributed by atoms with van der Waals surface area (Å²) in [5, 5.41) is 12.8. The number of carbonyl (C=O) groups is 1. The van der Waals surface area contributed by atoms with Crippen molar-refractivity contribution in [1.82, 2.24) is 10.2 Å². The van der Waals surface area contributed by atoms with E-state index in [9.17, 15) is 9.90 Å². The van der Waals surface area contributed by atoms with E-state index in [1.807, 2.05) is 11.8 Å². The Morgan fingerprint density at radius 2 is 2.35 bits per heavy atom. The monoisotopic (exact) mass is 298 g/mol. The molecule has 1 saturated heterocycles. The summed E-state index contributed by atoms with van der Waals surface area (Å²) in [5.74, 6) is 0.0698. The van der Waals surface area contributed by atoms with Crippen LogP contribution >= 0.6 is 15.9 Å². The van der Waals surface area contributed by atoms with Gasteiger partial charge in [-0.15, -0.1) is 0 Å². The molecule has 4 nitrogen and oxygen atoms in total. The maximum absolute atomic E-state index is 12.2. The molecule has 2 rings (SSSR count). The lowest BCUT2D eigenvalue weighted by Gasteiger charge is -2.34. The highest BCUT2D eigenvalue weighted by molar-refractivity contribution is 9.10. The second kappa shape index (κ2) is 5.06. The summed E-state index contributed by atoms with van der Waals surface area (Å²) in [4.78, 5) is 14.1. The third kappa shape index (κ3) is 2.61. The Hall–Kier alpha value is -1.07. The van der Waals surface area contributed by atoms with E-state index in [1.54, 1.807) is 12.1 Å². The lowest BCUT2D eigenvalue weighted by molar-refractivity contribution is 0.0655. The number of aromatic hydroxyl groups is 1. The third-order valence-electron chi connectivity index (χ3n) is 2.96. The zero-order valence-electron chi connectivity index (χ0n) is 9.61. The van der Waals surface area contributed by atoms with Crippen LogP contribution in [0.25, 0.3) is 0 Å². The first-order valence-corrected chi connectivity index (χ1v) is 6.39. The van der Waals surface area contributed by atoms with E-state index < -0.39 is 0 Å². The molecule has 1 heterocycles. The van der Waals surface area contributed by atoms with Gasteiger partial charge in [-0.1, -0.05) is 0 Å². The molecule has 0 bridgehead atoms. The lowest BCUT2D eigenvalue weighted by Crippen LogP contribution is -2.52. The molecule has 1 aromatic carbocycles. The van der Waals surface area contributed by atoms with Gasteiger partial charge in [0.1, 0.15) is 5.75 Å². The number of benzene rings is 1. The fourth-order valence-corrected chi connectivity index (χ4v) is 2.20. The van der Waals surface area contributed by atoms with Crippen molar-refractivity contribution >= 4 is 21.8 Å². The Kier molecular flexibility index (Phi) is 3.69. The number of amides is 1. The second-order valence-electron chi connectivity index (χ2n) is 4.22. The Labute approximate surface area is 109 Å². The van der Waals surface area contributed by atoms with Crippen LogP contribution in [-0.4, -0.2) is 41.6 Å². The first-order chi connectivity index (χ1) is 8.09. The molecule has 1 unspecified atom stereocenters. The van der Waals surface area contributed by atoms with E-state index in [2.05, 4.69) is 21.2 Å². The fourth-order valence-electron chi connectivity index (χ4n) is 1.95. The SMILES string of the molecule is CC1CNCCN1C(=O)c1ccc(Br)c(O)c1. The van der Waals surface area contributed by atoms with Crippen molar-refractivity contribution in [3.8, 4) is 5.75 Å². The number of rotatable bonds is 1. The van der Waals surface area contributed by atoms with E-state index in [4.69, 9.17) is 0 Å². The van der Waals surface area contributed by atoms with Gasteiger partial charge in [0.15, 0.2) is 0 Å². The summed E-state index contributed by atoms with van der Waals surface area (Å²) in [7, 11) is 0. The predicted octanol–water partition coefficient (Wildman–Crippen LogP) is 1.59. The molecular formula is C12H15BrN2O2. The van der Waals surface area contributed by atoms with Crippen LogP contribution in [0, 0.1) is 0 Å². The first kappa shape index (κ1) is 12.4. The number of nitrogens with zero attached hydrogens (tertiary/aromatic N) is 1. The van der Waals surface area contributed by atoms with Crippen LogP contribution in [0.5, 0.6) is 5.75 Å². The summed E-state index contributed by atoms with van der Waals surface area (Å²) >= 11 is 3.20. The van der Waals surface area contributed by atoms with Gasteiger partial charge in [-0.3, -0.25) is 4.79 Å². The third-order valence-corrected chi connectivity index (χ3v) is 3.63. The number of phenolic OH excluding ortho intramolecular Hbond substituents is 1. The van der Waals surface area contributed by atoms with Gasteiger partial charge in [-0.2, -0.15) is 0 Å². The highest BCUT2D eigenvalue weighted by Gasteiger charge is 2.24. The van der Waals surface area contributed by atoms with Gasteiger partial charge < -0.3 is 15.3 Å². The van der Waals surface area contributed by atoms with Gasteiger partial charge in [-0.05, 0) is 41.1 Å². The van der Waals surface area contributed by atoms with E-state index in [1.165, 1.54) is 6.07 Å². The first-order valence-electron chi connectivity index (χ1n) is 5.60. The van der Waals surface area contributed by atoms with Gasteiger partial charge in [-0.25, -0.2) is 0 Å². The minimum atomic E-state index is -0.0261. The van der Waals surface area contributed by atoms with Crippen molar-refractivity contribution in [2.24, 2.45) is 0 Å². The van der Waals surface area contributed by atoms with E-state index in [0.717, 1.165) is 13.1 Å². The largest absolute Gasteiger partial charge is 0.507 e. The molecule has 5 heteroatoms. The number of hydrogen-bond donors (Lipinski definition) is 2. The van der Waals surface area contributed by atoms with Crippen LogP contribution in [0.4, 0.5) is 0 Å². The molecule has 2 N–H and O–H groups in total. The van der Waals surface area contributed by atoms with Crippen molar-refractivity contribution < 1.29 is 9.90 Å². The smallest absolute Gasteiger partial charge is 0.254 e. The average Bonchev–Trinajstić information content (AvgIpc) is 2.32. The van der Waals surface area contributed by atoms with Crippen LogP contribution in [0.3, 0.4) is 0 Å². The maximum atomic E-state index is 12.2. The summed E-state index contributed by atoms with van der Waals surface area (Å²) in [6, 6.07) is 5.10. The maximum Gasteiger partial charge on any atom is 0.254 e. The van der Waals surface area contributed by atoms with Crippen molar-refractivity contribution in [3.05, 3.63) is 28.2 Å². The molecule has 1 aliphatic heterocycles. The molecular weight excluding hydrogens is 284 g/mol. The van der Waals surface area contributed by atoms with Crippen LogP contribution in [0.1, 0.15) is 17.3 Å². The van der Waals surface area contributed by atoms with Gasteiger partial charge >= 0.3 is 0 Å². The number of carbonyl (C=O) groups excluding carboxylic acids is 1. The summed E-state index contributed by atoms with van der Waals surface area (Å²) < 4.78 is 0.599. The molecule has 1 amide bonds. The number of piperazine rings is 1. The molecule has 1 aliphatic rings. The van der Waals surface area contributed by atoms with Crippen molar-refractivity contribution in [2.75, 3.05) is 19.6 Å². The van der Waals surface area contributed by atoms with Crippen LogP contribution in [0.15, 0.2) is 22.7 Å². The van der Waals surface area contributed by atoms with Gasteiger partial charge in [0.2, 0.25) is 0 Å². The summed E-state index contributed by atoms with van der Waals surface area (Å²) in [6.07, 6.45) is 0. The minimum absolute atomic E-state index is 0.0261.